The zero-order chi connectivity index (χ0) is 25.4. The molecular weight excluding hydrogens is 467 g/mol. The zero-order valence-corrected chi connectivity index (χ0v) is 20.0. The molecule has 1 saturated heterocycles. The highest BCUT2D eigenvalue weighted by molar-refractivity contribution is 5.81. The first-order valence-corrected chi connectivity index (χ1v) is 11.8. The Morgan fingerprint density at radius 2 is 1.83 bits per heavy atom. The number of benzene rings is 1. The number of rotatable bonds is 5. The number of anilines is 2. The van der Waals surface area contributed by atoms with Gasteiger partial charge in [-0.25, -0.2) is 14.4 Å². The molecule has 0 radical (unpaired) electrons. The SMILES string of the molecule is CN1CCC(C(F)(F)c2ccc3cnc(Nc4ccc(-c5cccn(C)c5=O)cc4F)cc3n2)CC1. The monoisotopic (exact) mass is 493 g/mol. The van der Waals surface area contributed by atoms with E-state index in [1.807, 2.05) is 7.05 Å². The molecule has 1 aromatic carbocycles. The average Bonchev–Trinajstić information content (AvgIpc) is 2.87. The van der Waals surface area contributed by atoms with Gasteiger partial charge in [-0.15, -0.1) is 0 Å². The Labute approximate surface area is 206 Å². The molecule has 4 heterocycles. The molecule has 0 amide bonds. The van der Waals surface area contributed by atoms with E-state index in [9.17, 15) is 9.18 Å². The number of nitrogens with one attached hydrogen (secondary N) is 1. The summed E-state index contributed by atoms with van der Waals surface area (Å²) in [7, 11) is 3.57. The van der Waals surface area contributed by atoms with Crippen molar-refractivity contribution in [2.24, 2.45) is 13.0 Å². The van der Waals surface area contributed by atoms with E-state index >= 15 is 8.78 Å². The number of fused-ring (bicyclic) bond motifs is 1. The van der Waals surface area contributed by atoms with Crippen molar-refractivity contribution in [3.8, 4) is 11.1 Å². The van der Waals surface area contributed by atoms with Crippen molar-refractivity contribution in [2.75, 3.05) is 25.5 Å². The van der Waals surface area contributed by atoms with Crippen LogP contribution in [0.3, 0.4) is 0 Å². The van der Waals surface area contributed by atoms with Crippen molar-refractivity contribution in [1.29, 1.82) is 0 Å². The molecule has 3 aromatic heterocycles. The van der Waals surface area contributed by atoms with Gasteiger partial charge in [-0.1, -0.05) is 6.07 Å². The minimum atomic E-state index is -3.04. The van der Waals surface area contributed by atoms with Crippen LogP contribution in [0.5, 0.6) is 0 Å². The van der Waals surface area contributed by atoms with Crippen molar-refractivity contribution in [1.82, 2.24) is 19.4 Å². The van der Waals surface area contributed by atoms with Crippen LogP contribution in [-0.4, -0.2) is 39.6 Å². The van der Waals surface area contributed by atoms with Crippen molar-refractivity contribution in [2.45, 2.75) is 18.8 Å². The number of halogens is 3. The van der Waals surface area contributed by atoms with E-state index in [1.165, 1.54) is 35.0 Å². The second-order valence-electron chi connectivity index (χ2n) is 9.32. The molecule has 0 atom stereocenters. The number of pyridine rings is 3. The first kappa shape index (κ1) is 24.0. The molecule has 0 saturated carbocycles. The van der Waals surface area contributed by atoms with Gasteiger partial charge in [-0.3, -0.25) is 4.79 Å². The summed E-state index contributed by atoms with van der Waals surface area (Å²) in [6.07, 6.45) is 3.97. The topological polar surface area (TPSA) is 63.1 Å². The Bertz CT molecular complexity index is 1480. The summed E-state index contributed by atoms with van der Waals surface area (Å²) in [6, 6.07) is 12.3. The van der Waals surface area contributed by atoms with Gasteiger partial charge in [0.15, 0.2) is 0 Å². The summed E-state index contributed by atoms with van der Waals surface area (Å²) >= 11 is 0. The molecule has 5 rings (SSSR count). The lowest BCUT2D eigenvalue weighted by molar-refractivity contribution is -0.0869. The zero-order valence-electron chi connectivity index (χ0n) is 20.0. The largest absolute Gasteiger partial charge is 0.338 e. The van der Waals surface area contributed by atoms with E-state index in [4.69, 9.17) is 0 Å². The van der Waals surface area contributed by atoms with Crippen LogP contribution in [0, 0.1) is 11.7 Å². The molecule has 1 aliphatic heterocycles. The summed E-state index contributed by atoms with van der Waals surface area (Å²) in [5, 5.41) is 3.50. The maximum Gasteiger partial charge on any atom is 0.292 e. The van der Waals surface area contributed by atoms with E-state index in [0.717, 1.165) is 0 Å². The highest BCUT2D eigenvalue weighted by atomic mass is 19.3. The van der Waals surface area contributed by atoms with Crippen molar-refractivity contribution >= 4 is 22.4 Å². The molecule has 9 heteroatoms. The Balaban J connectivity index is 1.41. The number of hydrogen-bond donors (Lipinski definition) is 1. The molecule has 1 aliphatic rings. The van der Waals surface area contributed by atoms with Gasteiger partial charge in [0.05, 0.1) is 11.2 Å². The summed E-state index contributed by atoms with van der Waals surface area (Å²) in [5.41, 5.74) is 0.840. The van der Waals surface area contributed by atoms with Crippen LogP contribution in [-0.2, 0) is 13.0 Å². The Hall–Kier alpha value is -3.72. The maximum atomic E-state index is 15.2. The number of alkyl halides is 2. The van der Waals surface area contributed by atoms with Gasteiger partial charge in [0.1, 0.15) is 17.3 Å². The second-order valence-corrected chi connectivity index (χ2v) is 9.32. The molecular formula is C27H26F3N5O. The van der Waals surface area contributed by atoms with E-state index in [1.54, 1.807) is 37.5 Å². The molecule has 1 N–H and O–H groups in total. The molecule has 1 fully saturated rings. The van der Waals surface area contributed by atoms with Crippen LogP contribution < -0.4 is 10.9 Å². The fourth-order valence-electron chi connectivity index (χ4n) is 4.59. The third kappa shape index (κ3) is 4.58. The van der Waals surface area contributed by atoms with Crippen LogP contribution in [0.2, 0.25) is 0 Å². The number of hydrogen-bond acceptors (Lipinski definition) is 5. The first-order chi connectivity index (χ1) is 17.2. The van der Waals surface area contributed by atoms with Gasteiger partial charge < -0.3 is 14.8 Å². The smallest absolute Gasteiger partial charge is 0.292 e. The summed E-state index contributed by atoms with van der Waals surface area (Å²) in [4.78, 5) is 22.9. The summed E-state index contributed by atoms with van der Waals surface area (Å²) < 4.78 is 46.8. The summed E-state index contributed by atoms with van der Waals surface area (Å²) in [5.74, 6) is -4.09. The summed E-state index contributed by atoms with van der Waals surface area (Å²) in [6.45, 7) is 1.27. The van der Waals surface area contributed by atoms with Crippen LogP contribution in [0.15, 0.2) is 65.7 Å². The van der Waals surface area contributed by atoms with Crippen molar-refractivity contribution in [3.63, 3.8) is 0 Å². The van der Waals surface area contributed by atoms with Crippen molar-refractivity contribution in [3.05, 3.63) is 82.8 Å². The average molecular weight is 494 g/mol. The molecule has 0 spiro atoms. The first-order valence-electron chi connectivity index (χ1n) is 11.8. The fourth-order valence-corrected chi connectivity index (χ4v) is 4.59. The van der Waals surface area contributed by atoms with E-state index in [2.05, 4.69) is 20.2 Å². The lowest BCUT2D eigenvalue weighted by Gasteiger charge is -2.33. The highest BCUT2D eigenvalue weighted by Crippen LogP contribution is 2.41. The van der Waals surface area contributed by atoms with Crippen LogP contribution in [0.4, 0.5) is 24.7 Å². The van der Waals surface area contributed by atoms with E-state index < -0.39 is 17.7 Å². The fraction of sp³-hybridized carbons (Fsp3) is 0.296. The molecule has 0 unspecified atom stereocenters. The molecule has 4 aromatic rings. The van der Waals surface area contributed by atoms with Gasteiger partial charge in [0.25, 0.3) is 11.5 Å². The minimum absolute atomic E-state index is 0.145. The third-order valence-corrected chi connectivity index (χ3v) is 6.81. The predicted octanol–water partition coefficient (Wildman–Crippen LogP) is 5.31. The lowest BCUT2D eigenvalue weighted by Crippen LogP contribution is -2.38. The molecule has 0 bridgehead atoms. The number of aryl methyl sites for hydroxylation is 1. The molecule has 36 heavy (non-hydrogen) atoms. The predicted molar refractivity (Wildman–Crippen MR) is 134 cm³/mol. The van der Waals surface area contributed by atoms with Crippen LogP contribution in [0.25, 0.3) is 22.0 Å². The lowest BCUT2D eigenvalue weighted by atomic mass is 9.88. The maximum absolute atomic E-state index is 15.2. The van der Waals surface area contributed by atoms with Gasteiger partial charge in [0, 0.05) is 42.4 Å². The molecule has 6 nitrogen and oxygen atoms in total. The second kappa shape index (κ2) is 9.39. The number of aromatic nitrogens is 3. The number of piperidine rings is 1. The van der Waals surface area contributed by atoms with Crippen molar-refractivity contribution < 1.29 is 13.2 Å². The standard InChI is InChI=1S/C27H26F3N5O/c1-34-12-9-19(10-13-34)27(29,30)24-8-6-18-16-31-25(15-23(18)32-24)33-22-7-5-17(14-21(22)28)20-4-3-11-35(2)26(20)36/h3-8,11,14-16,19H,9-10,12-13H2,1-2H3,(H,31,33). The van der Waals surface area contributed by atoms with E-state index in [-0.39, 0.29) is 22.8 Å². The Morgan fingerprint density at radius 1 is 1.06 bits per heavy atom. The molecule has 186 valence electrons. The number of nitrogens with zero attached hydrogens (tertiary/aromatic N) is 4. The Kier molecular flexibility index (Phi) is 6.26. The van der Waals surface area contributed by atoms with Gasteiger partial charge in [-0.2, -0.15) is 8.78 Å². The van der Waals surface area contributed by atoms with Crippen LogP contribution >= 0.6 is 0 Å². The van der Waals surface area contributed by atoms with Gasteiger partial charge >= 0.3 is 0 Å². The number of likely N-dealkylation sites (tertiary alicyclic amines) is 1. The normalized spacial score (nSPS) is 15.4. The highest BCUT2D eigenvalue weighted by Gasteiger charge is 2.43. The van der Waals surface area contributed by atoms with E-state index in [0.29, 0.717) is 48.0 Å². The van der Waals surface area contributed by atoms with Gasteiger partial charge in [-0.05, 0) is 74.9 Å². The third-order valence-electron chi connectivity index (χ3n) is 6.81. The molecule has 0 aliphatic carbocycles. The minimum Gasteiger partial charge on any atom is -0.338 e. The van der Waals surface area contributed by atoms with Gasteiger partial charge in [0.2, 0.25) is 0 Å². The quantitative estimate of drug-likeness (QED) is 0.408. The van der Waals surface area contributed by atoms with Crippen LogP contribution in [0.1, 0.15) is 18.5 Å². The Morgan fingerprint density at radius 3 is 2.58 bits per heavy atom.